The summed E-state index contributed by atoms with van der Waals surface area (Å²) in [5.74, 6) is 0.692. The zero-order chi connectivity index (χ0) is 15.1. The van der Waals surface area contributed by atoms with Gasteiger partial charge in [0.25, 0.3) is 5.91 Å². The van der Waals surface area contributed by atoms with Gasteiger partial charge < -0.3 is 4.90 Å². The summed E-state index contributed by atoms with van der Waals surface area (Å²) < 4.78 is 0. The Bertz CT molecular complexity index is 733. The summed E-state index contributed by atoms with van der Waals surface area (Å²) in [7, 11) is 0. The summed E-state index contributed by atoms with van der Waals surface area (Å²) in [5.41, 5.74) is 1.99. The van der Waals surface area contributed by atoms with E-state index in [-0.39, 0.29) is 5.91 Å². The molecule has 114 valence electrons. The molecule has 4 rings (SSSR count). The highest BCUT2D eigenvalue weighted by Gasteiger charge is 2.29. The maximum atomic E-state index is 13.0. The molecule has 0 spiro atoms. The molecule has 1 saturated heterocycles. The minimum atomic E-state index is 0.113. The largest absolute Gasteiger partial charge is 0.339 e. The van der Waals surface area contributed by atoms with E-state index in [2.05, 4.69) is 11.1 Å². The third kappa shape index (κ3) is 2.38. The van der Waals surface area contributed by atoms with Gasteiger partial charge in [-0.1, -0.05) is 29.8 Å². The van der Waals surface area contributed by atoms with Gasteiger partial charge in [-0.25, -0.2) is 4.98 Å². The predicted molar refractivity (Wildman–Crippen MR) is 88.5 cm³/mol. The Morgan fingerprint density at radius 1 is 1.18 bits per heavy atom. The quantitative estimate of drug-likeness (QED) is 0.770. The summed E-state index contributed by atoms with van der Waals surface area (Å²) in [6, 6.07) is 6.14. The molecule has 0 unspecified atom stereocenters. The molecule has 3 nitrogen and oxygen atoms in total. The van der Waals surface area contributed by atoms with Crippen molar-refractivity contribution in [2.75, 3.05) is 13.1 Å². The van der Waals surface area contributed by atoms with Crippen LogP contribution in [0.2, 0.25) is 5.15 Å². The molecule has 1 aromatic heterocycles. The van der Waals surface area contributed by atoms with Crippen LogP contribution in [0.5, 0.6) is 0 Å². The van der Waals surface area contributed by atoms with Crippen molar-refractivity contribution >= 4 is 28.3 Å². The number of carbonyl (C=O) groups is 1. The number of carbonyl (C=O) groups excluding carboxylic acids is 1. The predicted octanol–water partition coefficient (Wildman–Crippen LogP) is 4.39. The maximum Gasteiger partial charge on any atom is 0.256 e. The Labute approximate surface area is 135 Å². The maximum absolute atomic E-state index is 13.0. The van der Waals surface area contributed by atoms with Gasteiger partial charge in [-0.15, -0.1) is 0 Å². The van der Waals surface area contributed by atoms with Crippen molar-refractivity contribution in [2.24, 2.45) is 0 Å². The molecule has 2 heterocycles. The summed E-state index contributed by atoms with van der Waals surface area (Å²) >= 11 is 6.28. The first-order valence-corrected chi connectivity index (χ1v) is 8.50. The first kappa shape index (κ1) is 14.0. The molecule has 0 radical (unpaired) electrons. The number of pyridine rings is 1. The van der Waals surface area contributed by atoms with E-state index >= 15 is 0 Å². The van der Waals surface area contributed by atoms with Gasteiger partial charge >= 0.3 is 0 Å². The Hall–Kier alpha value is -1.61. The van der Waals surface area contributed by atoms with Crippen molar-refractivity contribution in [3.63, 3.8) is 0 Å². The number of hydrogen-bond acceptors (Lipinski definition) is 2. The summed E-state index contributed by atoms with van der Waals surface area (Å²) in [6.07, 6.45) is 7.50. The molecule has 4 heteroatoms. The van der Waals surface area contributed by atoms with E-state index in [9.17, 15) is 4.79 Å². The Morgan fingerprint density at radius 3 is 2.68 bits per heavy atom. The van der Waals surface area contributed by atoms with Crippen LogP contribution in [0.4, 0.5) is 0 Å². The fourth-order valence-corrected chi connectivity index (χ4v) is 3.67. The van der Waals surface area contributed by atoms with E-state index in [1.54, 1.807) is 6.20 Å². The minimum absolute atomic E-state index is 0.113. The van der Waals surface area contributed by atoms with Gasteiger partial charge in [-0.05, 0) is 43.6 Å². The minimum Gasteiger partial charge on any atom is -0.339 e. The molecule has 2 fully saturated rings. The highest BCUT2D eigenvalue weighted by atomic mass is 35.5. The molecular formula is C18H19ClN2O. The van der Waals surface area contributed by atoms with E-state index in [1.165, 1.54) is 24.8 Å². The van der Waals surface area contributed by atoms with Gasteiger partial charge in [-0.3, -0.25) is 4.79 Å². The average Bonchev–Trinajstić information content (AvgIpc) is 3.40. The Morgan fingerprint density at radius 2 is 1.95 bits per heavy atom. The van der Waals surface area contributed by atoms with Crippen molar-refractivity contribution in [1.82, 2.24) is 9.88 Å². The van der Waals surface area contributed by atoms with Crippen LogP contribution in [0.15, 0.2) is 24.4 Å². The highest BCUT2D eigenvalue weighted by molar-refractivity contribution is 6.35. The zero-order valence-electron chi connectivity index (χ0n) is 12.5. The first-order chi connectivity index (χ1) is 10.8. The smallest absolute Gasteiger partial charge is 0.256 e. The van der Waals surface area contributed by atoms with Crippen molar-refractivity contribution in [3.05, 3.63) is 40.7 Å². The molecule has 1 aromatic carbocycles. The molecule has 1 amide bonds. The number of fused-ring (bicyclic) bond motifs is 1. The van der Waals surface area contributed by atoms with Gasteiger partial charge in [0.1, 0.15) is 5.15 Å². The number of hydrogen-bond donors (Lipinski definition) is 0. The fourth-order valence-electron chi connectivity index (χ4n) is 3.46. The molecule has 0 bridgehead atoms. The second kappa shape index (κ2) is 5.54. The number of piperidine rings is 1. The molecule has 0 N–H and O–H groups in total. The summed E-state index contributed by atoms with van der Waals surface area (Å²) in [5, 5.41) is 2.43. The number of halogens is 1. The second-order valence-corrected chi connectivity index (χ2v) is 6.72. The van der Waals surface area contributed by atoms with Gasteiger partial charge in [-0.2, -0.15) is 0 Å². The van der Waals surface area contributed by atoms with Crippen molar-refractivity contribution in [3.8, 4) is 0 Å². The van der Waals surface area contributed by atoms with Crippen molar-refractivity contribution in [2.45, 2.75) is 38.0 Å². The monoisotopic (exact) mass is 314 g/mol. The van der Waals surface area contributed by atoms with Crippen LogP contribution in [0.25, 0.3) is 10.8 Å². The van der Waals surface area contributed by atoms with Crippen LogP contribution < -0.4 is 0 Å². The third-order valence-electron chi connectivity index (χ3n) is 4.79. The number of aromatic nitrogens is 1. The van der Waals surface area contributed by atoms with Crippen molar-refractivity contribution < 1.29 is 4.79 Å². The molecule has 0 atom stereocenters. The van der Waals surface area contributed by atoms with E-state index in [0.29, 0.717) is 11.1 Å². The second-order valence-electron chi connectivity index (χ2n) is 6.36. The molecule has 22 heavy (non-hydrogen) atoms. The van der Waals surface area contributed by atoms with E-state index in [1.807, 2.05) is 17.0 Å². The van der Waals surface area contributed by atoms with E-state index in [4.69, 9.17) is 11.6 Å². The number of amides is 1. The lowest BCUT2D eigenvalue weighted by Crippen LogP contribution is -2.35. The molecule has 1 aliphatic carbocycles. The Kier molecular flexibility index (Phi) is 3.53. The molecule has 2 aliphatic rings. The number of likely N-dealkylation sites (tertiary alicyclic amines) is 1. The van der Waals surface area contributed by atoms with Gasteiger partial charge in [0.15, 0.2) is 0 Å². The molecule has 2 aromatic rings. The van der Waals surface area contributed by atoms with Gasteiger partial charge in [0.2, 0.25) is 0 Å². The lowest BCUT2D eigenvalue weighted by atomic mass is 9.97. The van der Waals surface area contributed by atoms with Crippen LogP contribution >= 0.6 is 11.6 Å². The summed E-state index contributed by atoms with van der Waals surface area (Å²) in [4.78, 5) is 19.2. The lowest BCUT2D eigenvalue weighted by Gasteiger charge is -2.27. The number of nitrogens with zero attached hydrogens (tertiary/aromatic N) is 2. The standard InChI is InChI=1S/C18H19ClN2O/c19-17-14-6-4-5-13(12-7-8-12)16(14)15(11-20-17)18(22)21-9-2-1-3-10-21/h4-6,11-12H,1-3,7-10H2. The van der Waals surface area contributed by atoms with Crippen LogP contribution in [0, 0.1) is 0 Å². The van der Waals surface area contributed by atoms with E-state index in [0.717, 1.165) is 42.3 Å². The fraction of sp³-hybridized carbons (Fsp3) is 0.444. The van der Waals surface area contributed by atoms with Crippen LogP contribution in [-0.2, 0) is 0 Å². The molecular weight excluding hydrogens is 296 g/mol. The lowest BCUT2D eigenvalue weighted by molar-refractivity contribution is 0.0726. The van der Waals surface area contributed by atoms with Crippen LogP contribution in [0.3, 0.4) is 0 Å². The average molecular weight is 315 g/mol. The highest BCUT2D eigenvalue weighted by Crippen LogP contribution is 2.44. The topological polar surface area (TPSA) is 33.2 Å². The SMILES string of the molecule is O=C(c1cnc(Cl)c2cccc(C3CC3)c12)N1CCCCC1. The van der Waals surface area contributed by atoms with Gasteiger partial charge in [0.05, 0.1) is 5.56 Å². The third-order valence-corrected chi connectivity index (χ3v) is 5.09. The normalized spacial score (nSPS) is 18.7. The number of rotatable bonds is 2. The van der Waals surface area contributed by atoms with E-state index < -0.39 is 0 Å². The van der Waals surface area contributed by atoms with Crippen molar-refractivity contribution in [1.29, 1.82) is 0 Å². The van der Waals surface area contributed by atoms with Gasteiger partial charge in [0, 0.05) is 30.1 Å². The number of benzene rings is 1. The summed E-state index contributed by atoms with van der Waals surface area (Å²) in [6.45, 7) is 1.71. The molecule has 1 saturated carbocycles. The first-order valence-electron chi connectivity index (χ1n) is 8.12. The zero-order valence-corrected chi connectivity index (χ0v) is 13.3. The molecule has 1 aliphatic heterocycles. The Balaban J connectivity index is 1.86. The van der Waals surface area contributed by atoms with Crippen LogP contribution in [0.1, 0.15) is 53.9 Å². The van der Waals surface area contributed by atoms with Crippen LogP contribution in [-0.4, -0.2) is 28.9 Å².